The van der Waals surface area contributed by atoms with Gasteiger partial charge in [0.1, 0.15) is 6.73 Å². The van der Waals surface area contributed by atoms with Crippen LogP contribution in [0.25, 0.3) is 0 Å². The summed E-state index contributed by atoms with van der Waals surface area (Å²) < 4.78 is 5.68. The summed E-state index contributed by atoms with van der Waals surface area (Å²) in [5.41, 5.74) is 1.36. The van der Waals surface area contributed by atoms with Crippen LogP contribution in [0.1, 0.15) is 47.0 Å². The number of nitrogens with one attached hydrogen (secondary N) is 1. The molecule has 0 heterocycles. The molecule has 3 unspecified atom stereocenters. The minimum absolute atomic E-state index is 0.125. The fraction of sp³-hybridized carbons (Fsp3) is 0.812. The van der Waals surface area contributed by atoms with Gasteiger partial charge in [-0.25, -0.2) is 0 Å². The van der Waals surface area contributed by atoms with Gasteiger partial charge >= 0.3 is 0 Å². The molecule has 2 rings (SSSR count). The summed E-state index contributed by atoms with van der Waals surface area (Å²) in [4.78, 5) is 11.3. The zero-order chi connectivity index (χ0) is 14.3. The Balaban J connectivity index is 1.80. The van der Waals surface area contributed by atoms with E-state index in [-0.39, 0.29) is 5.91 Å². The van der Waals surface area contributed by atoms with Gasteiger partial charge in [0.15, 0.2) is 0 Å². The second-order valence-electron chi connectivity index (χ2n) is 7.11. The Morgan fingerprint density at radius 1 is 1.42 bits per heavy atom. The van der Waals surface area contributed by atoms with Crippen molar-refractivity contribution in [2.45, 2.75) is 47.0 Å². The lowest BCUT2D eigenvalue weighted by atomic mass is 9.67. The maximum absolute atomic E-state index is 11.3. The summed E-state index contributed by atoms with van der Waals surface area (Å²) in [7, 11) is 0. The second-order valence-corrected chi connectivity index (χ2v) is 7.11. The highest BCUT2D eigenvalue weighted by Gasteiger charge is 2.60. The van der Waals surface area contributed by atoms with Crippen LogP contribution in [0.4, 0.5) is 0 Å². The molecule has 2 aliphatic carbocycles. The summed E-state index contributed by atoms with van der Waals surface area (Å²) in [5.74, 6) is 1.35. The zero-order valence-electron chi connectivity index (χ0n) is 12.7. The molecule has 0 aromatic heterocycles. The third-order valence-corrected chi connectivity index (χ3v) is 6.02. The highest BCUT2D eigenvalue weighted by molar-refractivity contribution is 5.91. The molecule has 19 heavy (non-hydrogen) atoms. The van der Waals surface area contributed by atoms with Crippen LogP contribution in [0.15, 0.2) is 12.2 Å². The normalized spacial score (nSPS) is 35.4. The fourth-order valence-electron chi connectivity index (χ4n) is 4.09. The van der Waals surface area contributed by atoms with Crippen molar-refractivity contribution >= 4 is 5.91 Å². The molecule has 2 fully saturated rings. The first-order chi connectivity index (χ1) is 8.79. The van der Waals surface area contributed by atoms with Crippen LogP contribution in [0.5, 0.6) is 0 Å². The van der Waals surface area contributed by atoms with Gasteiger partial charge in [-0.1, -0.05) is 27.4 Å². The molecule has 0 aromatic carbocycles. The number of amides is 1. The lowest BCUT2D eigenvalue weighted by Crippen LogP contribution is -2.35. The molecule has 2 aliphatic rings. The topological polar surface area (TPSA) is 38.3 Å². The average molecular weight is 265 g/mol. The first kappa shape index (κ1) is 14.6. The lowest BCUT2D eigenvalue weighted by molar-refractivity contribution is -0.119. The van der Waals surface area contributed by atoms with E-state index in [1.165, 1.54) is 19.3 Å². The van der Waals surface area contributed by atoms with Crippen molar-refractivity contribution in [3.63, 3.8) is 0 Å². The summed E-state index contributed by atoms with van der Waals surface area (Å²) in [5, 5.41) is 2.72. The monoisotopic (exact) mass is 265 g/mol. The van der Waals surface area contributed by atoms with E-state index < -0.39 is 0 Å². The van der Waals surface area contributed by atoms with Crippen molar-refractivity contribution < 1.29 is 9.53 Å². The minimum atomic E-state index is -0.125. The van der Waals surface area contributed by atoms with Gasteiger partial charge in [-0.15, -0.1) is 0 Å². The van der Waals surface area contributed by atoms with Crippen molar-refractivity contribution in [1.82, 2.24) is 5.32 Å². The molecule has 0 aliphatic heterocycles. The fourth-order valence-corrected chi connectivity index (χ4v) is 4.09. The first-order valence-corrected chi connectivity index (χ1v) is 7.30. The van der Waals surface area contributed by atoms with Crippen LogP contribution in [0.3, 0.4) is 0 Å². The van der Waals surface area contributed by atoms with Crippen molar-refractivity contribution in [3.8, 4) is 0 Å². The predicted octanol–water partition coefficient (Wildman–Crippen LogP) is 3.12. The summed E-state index contributed by atoms with van der Waals surface area (Å²) >= 11 is 0. The van der Waals surface area contributed by atoms with Gasteiger partial charge < -0.3 is 10.1 Å². The number of rotatable bonds is 5. The number of hydrogen-bond donors (Lipinski definition) is 1. The van der Waals surface area contributed by atoms with Crippen LogP contribution in [-0.2, 0) is 9.53 Å². The van der Waals surface area contributed by atoms with E-state index in [1.807, 2.05) is 0 Å². The van der Waals surface area contributed by atoms with E-state index in [2.05, 4.69) is 32.7 Å². The van der Waals surface area contributed by atoms with E-state index in [1.54, 1.807) is 6.92 Å². The quantitative estimate of drug-likeness (QED) is 0.471. The van der Waals surface area contributed by atoms with Crippen LogP contribution < -0.4 is 5.32 Å². The Hall–Kier alpha value is -0.830. The molecule has 3 nitrogen and oxygen atoms in total. The van der Waals surface area contributed by atoms with Gasteiger partial charge in [0, 0.05) is 5.57 Å². The van der Waals surface area contributed by atoms with Crippen LogP contribution in [-0.4, -0.2) is 19.2 Å². The van der Waals surface area contributed by atoms with Crippen molar-refractivity contribution in [2.24, 2.45) is 22.7 Å². The molecule has 0 spiro atoms. The van der Waals surface area contributed by atoms with Gasteiger partial charge in [-0.05, 0) is 48.9 Å². The summed E-state index contributed by atoms with van der Waals surface area (Å²) in [6, 6.07) is 0. The third-order valence-electron chi connectivity index (χ3n) is 6.02. The van der Waals surface area contributed by atoms with Gasteiger partial charge in [-0.2, -0.15) is 0 Å². The molecule has 1 N–H and O–H groups in total. The number of ether oxygens (including phenoxy) is 1. The van der Waals surface area contributed by atoms with Gasteiger partial charge in [0.2, 0.25) is 5.91 Å². The Labute approximate surface area is 116 Å². The number of carbonyl (C=O) groups excluding carboxylic acids is 1. The van der Waals surface area contributed by atoms with Crippen LogP contribution in [0.2, 0.25) is 0 Å². The Morgan fingerprint density at radius 3 is 2.58 bits per heavy atom. The molecule has 0 aromatic rings. The number of fused-ring (bicyclic) bond motifs is 2. The smallest absolute Gasteiger partial charge is 0.248 e. The molecule has 1 amide bonds. The Kier molecular flexibility index (Phi) is 3.78. The maximum Gasteiger partial charge on any atom is 0.248 e. The third kappa shape index (κ3) is 2.33. The number of carbonyl (C=O) groups is 1. The molecule has 2 saturated carbocycles. The molecular weight excluding hydrogens is 238 g/mol. The van der Waals surface area contributed by atoms with Crippen LogP contribution >= 0.6 is 0 Å². The zero-order valence-corrected chi connectivity index (χ0v) is 12.7. The summed E-state index contributed by atoms with van der Waals surface area (Å²) in [6.07, 6.45) is 3.96. The Morgan fingerprint density at radius 2 is 2.11 bits per heavy atom. The molecule has 3 heteroatoms. The highest BCUT2D eigenvalue weighted by atomic mass is 16.5. The molecule has 0 saturated heterocycles. The van der Waals surface area contributed by atoms with E-state index in [0.717, 1.165) is 12.5 Å². The van der Waals surface area contributed by atoms with Gasteiger partial charge in [0.25, 0.3) is 0 Å². The SMILES string of the molecule is C=C(C)C(=O)NCOCC1CC2CCC1(C)C2(C)C. The lowest BCUT2D eigenvalue weighted by Gasteiger charge is -2.39. The molecule has 108 valence electrons. The largest absolute Gasteiger partial charge is 0.361 e. The summed E-state index contributed by atoms with van der Waals surface area (Å²) in [6.45, 7) is 13.6. The van der Waals surface area contributed by atoms with Crippen molar-refractivity contribution in [2.75, 3.05) is 13.3 Å². The molecular formula is C16H27NO2. The van der Waals surface area contributed by atoms with Crippen LogP contribution in [0, 0.1) is 22.7 Å². The van der Waals surface area contributed by atoms with Gasteiger partial charge in [0.05, 0.1) is 6.61 Å². The van der Waals surface area contributed by atoms with E-state index in [9.17, 15) is 4.79 Å². The second kappa shape index (κ2) is 4.93. The van der Waals surface area contributed by atoms with Gasteiger partial charge in [-0.3, -0.25) is 4.79 Å². The minimum Gasteiger partial charge on any atom is -0.361 e. The highest BCUT2D eigenvalue weighted by Crippen LogP contribution is 2.68. The molecule has 2 bridgehead atoms. The maximum atomic E-state index is 11.3. The molecule has 0 radical (unpaired) electrons. The first-order valence-electron chi connectivity index (χ1n) is 7.30. The molecule has 3 atom stereocenters. The van der Waals surface area contributed by atoms with E-state index in [0.29, 0.717) is 29.1 Å². The number of hydrogen-bond acceptors (Lipinski definition) is 2. The average Bonchev–Trinajstić information content (AvgIpc) is 2.66. The van der Waals surface area contributed by atoms with E-state index in [4.69, 9.17) is 4.74 Å². The van der Waals surface area contributed by atoms with E-state index >= 15 is 0 Å². The standard InChI is InChI=1S/C16H27NO2/c1-11(2)14(18)17-10-19-9-13-8-12-6-7-16(13,5)15(12,3)4/h12-13H,1,6-10H2,2-5H3,(H,17,18). The predicted molar refractivity (Wildman–Crippen MR) is 76.5 cm³/mol. The Bertz CT molecular complexity index is 388. The van der Waals surface area contributed by atoms with Crippen molar-refractivity contribution in [1.29, 1.82) is 0 Å². The van der Waals surface area contributed by atoms with Crippen molar-refractivity contribution in [3.05, 3.63) is 12.2 Å².